The van der Waals surface area contributed by atoms with Crippen molar-refractivity contribution in [1.82, 2.24) is 9.13 Å². The summed E-state index contributed by atoms with van der Waals surface area (Å²) >= 11 is 0. The van der Waals surface area contributed by atoms with Gasteiger partial charge in [0.05, 0.1) is 30.3 Å². The third-order valence-corrected chi connectivity index (χ3v) is 3.86. The summed E-state index contributed by atoms with van der Waals surface area (Å²) in [5.74, 6) is 0.0968. The van der Waals surface area contributed by atoms with Crippen LogP contribution in [0.2, 0.25) is 0 Å². The number of ether oxygens (including phenoxy) is 1. The molecule has 1 aromatic heterocycles. The zero-order chi connectivity index (χ0) is 16.6. The molecule has 118 valence electrons. The Hall–Kier alpha value is -3.02. The van der Waals surface area contributed by atoms with E-state index in [1.54, 1.807) is 34.4 Å². The minimum atomic E-state index is -0.432. The van der Waals surface area contributed by atoms with Gasteiger partial charge in [-0.05, 0) is 18.2 Å². The summed E-state index contributed by atoms with van der Waals surface area (Å²) < 4.78 is 8.55. The third kappa shape index (κ3) is 2.48. The molecule has 3 aromatic rings. The van der Waals surface area contributed by atoms with Crippen molar-refractivity contribution in [2.75, 3.05) is 7.11 Å². The van der Waals surface area contributed by atoms with Crippen LogP contribution in [0.4, 0.5) is 0 Å². The molecule has 0 saturated heterocycles. The quantitative estimate of drug-likeness (QED) is 0.790. The van der Waals surface area contributed by atoms with Crippen molar-refractivity contribution in [3.05, 3.63) is 58.5 Å². The molecule has 0 bridgehead atoms. The molecule has 0 aliphatic heterocycles. The number of amides is 1. The summed E-state index contributed by atoms with van der Waals surface area (Å²) in [5.41, 5.74) is 8.13. The monoisotopic (exact) mass is 311 g/mol. The minimum Gasteiger partial charge on any atom is -0.496 e. The molecule has 0 fully saturated rings. The average Bonchev–Trinajstić information content (AvgIpc) is 2.79. The smallest absolute Gasteiger partial charge is 0.333 e. The van der Waals surface area contributed by atoms with Gasteiger partial charge in [0.2, 0.25) is 5.91 Å². The summed E-state index contributed by atoms with van der Waals surface area (Å²) in [7, 11) is 3.26. The lowest BCUT2D eigenvalue weighted by atomic mass is 10.1. The molecule has 0 saturated carbocycles. The van der Waals surface area contributed by atoms with Crippen molar-refractivity contribution in [2.45, 2.75) is 6.42 Å². The third-order valence-electron chi connectivity index (χ3n) is 3.86. The first-order chi connectivity index (χ1) is 11.0. The number of aryl methyl sites for hydroxylation is 1. The van der Waals surface area contributed by atoms with Crippen LogP contribution in [0.5, 0.6) is 5.75 Å². The highest BCUT2D eigenvalue weighted by atomic mass is 16.5. The van der Waals surface area contributed by atoms with Crippen LogP contribution in [0.15, 0.2) is 47.3 Å². The fourth-order valence-electron chi connectivity index (χ4n) is 2.75. The molecule has 1 heterocycles. The van der Waals surface area contributed by atoms with Gasteiger partial charge in [-0.25, -0.2) is 4.79 Å². The fourth-order valence-corrected chi connectivity index (χ4v) is 2.75. The number of benzene rings is 2. The number of primary amides is 1. The van der Waals surface area contributed by atoms with Gasteiger partial charge in [-0.1, -0.05) is 18.2 Å². The zero-order valence-electron chi connectivity index (χ0n) is 12.9. The van der Waals surface area contributed by atoms with E-state index in [-0.39, 0.29) is 12.1 Å². The number of aromatic nitrogens is 2. The summed E-state index contributed by atoms with van der Waals surface area (Å²) in [4.78, 5) is 23.7. The number of hydrogen-bond donors (Lipinski definition) is 1. The second-order valence-electron chi connectivity index (χ2n) is 5.30. The van der Waals surface area contributed by atoms with E-state index in [4.69, 9.17) is 10.5 Å². The second-order valence-corrected chi connectivity index (χ2v) is 5.30. The van der Waals surface area contributed by atoms with Crippen LogP contribution in [0.3, 0.4) is 0 Å². The number of methoxy groups -OCH3 is 1. The van der Waals surface area contributed by atoms with Crippen LogP contribution in [-0.2, 0) is 18.3 Å². The van der Waals surface area contributed by atoms with Crippen molar-refractivity contribution < 1.29 is 9.53 Å². The molecule has 0 unspecified atom stereocenters. The largest absolute Gasteiger partial charge is 0.496 e. The Kier molecular flexibility index (Phi) is 3.65. The van der Waals surface area contributed by atoms with Gasteiger partial charge in [0.15, 0.2) is 0 Å². The van der Waals surface area contributed by atoms with E-state index < -0.39 is 5.91 Å². The summed E-state index contributed by atoms with van der Waals surface area (Å²) in [5, 5.41) is 0. The molecule has 2 aromatic carbocycles. The van der Waals surface area contributed by atoms with Gasteiger partial charge >= 0.3 is 5.69 Å². The predicted molar refractivity (Wildman–Crippen MR) is 88.0 cm³/mol. The van der Waals surface area contributed by atoms with Crippen LogP contribution < -0.4 is 16.2 Å². The predicted octanol–water partition coefficient (Wildman–Crippen LogP) is 1.37. The molecule has 0 atom stereocenters. The Morgan fingerprint density at radius 3 is 2.52 bits per heavy atom. The van der Waals surface area contributed by atoms with Crippen molar-refractivity contribution in [3.8, 4) is 11.4 Å². The number of nitrogens with zero attached hydrogens (tertiary/aromatic N) is 2. The normalized spacial score (nSPS) is 10.9. The SMILES string of the molecule is COc1cc(-n2c(=O)n(C)c3ccccc32)ccc1CC(N)=O. The van der Waals surface area contributed by atoms with E-state index in [1.807, 2.05) is 24.3 Å². The lowest BCUT2D eigenvalue weighted by Crippen LogP contribution is -2.21. The first-order valence-electron chi connectivity index (χ1n) is 7.15. The number of nitrogens with two attached hydrogens (primary N) is 1. The summed E-state index contributed by atoms with van der Waals surface area (Å²) in [6.45, 7) is 0. The molecular formula is C17H17N3O3. The standard InChI is InChI=1S/C17H17N3O3/c1-19-13-5-3-4-6-14(13)20(17(19)22)12-8-7-11(9-16(18)21)15(10-12)23-2/h3-8,10H,9H2,1-2H3,(H2,18,21). The fraction of sp³-hybridized carbons (Fsp3) is 0.176. The lowest BCUT2D eigenvalue weighted by molar-refractivity contribution is -0.117. The summed E-state index contributed by atoms with van der Waals surface area (Å²) in [6, 6.07) is 12.8. The molecule has 3 rings (SSSR count). The maximum absolute atomic E-state index is 12.6. The van der Waals surface area contributed by atoms with Gasteiger partial charge in [0, 0.05) is 18.7 Å². The molecule has 1 amide bonds. The number of fused-ring (bicyclic) bond motifs is 1. The Morgan fingerprint density at radius 1 is 1.17 bits per heavy atom. The first kappa shape index (κ1) is 14.9. The second kappa shape index (κ2) is 5.64. The molecule has 2 N–H and O–H groups in total. The van der Waals surface area contributed by atoms with Crippen LogP contribution in [0.25, 0.3) is 16.7 Å². The molecule has 0 spiro atoms. The first-order valence-corrected chi connectivity index (χ1v) is 7.15. The maximum Gasteiger partial charge on any atom is 0.333 e. The van der Waals surface area contributed by atoms with Crippen molar-refractivity contribution in [3.63, 3.8) is 0 Å². The molecule has 0 radical (unpaired) electrons. The van der Waals surface area contributed by atoms with E-state index in [0.717, 1.165) is 11.0 Å². The van der Waals surface area contributed by atoms with Gasteiger partial charge < -0.3 is 10.5 Å². The Bertz CT molecular complexity index is 953. The van der Waals surface area contributed by atoms with Gasteiger partial charge in [0.25, 0.3) is 0 Å². The van der Waals surface area contributed by atoms with E-state index in [2.05, 4.69) is 0 Å². The zero-order valence-corrected chi connectivity index (χ0v) is 12.9. The van der Waals surface area contributed by atoms with Crippen molar-refractivity contribution in [1.29, 1.82) is 0 Å². The number of carbonyl (C=O) groups excluding carboxylic acids is 1. The van der Waals surface area contributed by atoms with Gasteiger partial charge in [-0.2, -0.15) is 0 Å². The van der Waals surface area contributed by atoms with Gasteiger partial charge in [-0.3, -0.25) is 13.9 Å². The highest BCUT2D eigenvalue weighted by molar-refractivity contribution is 5.79. The van der Waals surface area contributed by atoms with Crippen LogP contribution in [0.1, 0.15) is 5.56 Å². The number of imidazole rings is 1. The highest BCUT2D eigenvalue weighted by Crippen LogP contribution is 2.24. The topological polar surface area (TPSA) is 79.2 Å². The molecule has 6 nitrogen and oxygen atoms in total. The molecule has 6 heteroatoms. The van der Waals surface area contributed by atoms with Crippen LogP contribution in [0, 0.1) is 0 Å². The van der Waals surface area contributed by atoms with Crippen LogP contribution in [-0.4, -0.2) is 22.2 Å². The van der Waals surface area contributed by atoms with Crippen LogP contribution >= 0.6 is 0 Å². The number of para-hydroxylation sites is 2. The molecule has 0 aliphatic rings. The lowest BCUT2D eigenvalue weighted by Gasteiger charge is -2.10. The Labute approximate surface area is 132 Å². The average molecular weight is 311 g/mol. The van der Waals surface area contributed by atoms with E-state index in [0.29, 0.717) is 17.0 Å². The van der Waals surface area contributed by atoms with Crippen molar-refractivity contribution >= 4 is 16.9 Å². The van der Waals surface area contributed by atoms with Gasteiger partial charge in [-0.15, -0.1) is 0 Å². The van der Waals surface area contributed by atoms with E-state index in [1.165, 1.54) is 7.11 Å². The Morgan fingerprint density at radius 2 is 1.87 bits per heavy atom. The number of carbonyl (C=O) groups is 1. The van der Waals surface area contributed by atoms with E-state index >= 15 is 0 Å². The minimum absolute atomic E-state index is 0.0912. The molecule has 0 aliphatic carbocycles. The van der Waals surface area contributed by atoms with E-state index in [9.17, 15) is 9.59 Å². The van der Waals surface area contributed by atoms with Gasteiger partial charge in [0.1, 0.15) is 5.75 Å². The number of hydrogen-bond acceptors (Lipinski definition) is 3. The molecule has 23 heavy (non-hydrogen) atoms. The summed E-state index contributed by atoms with van der Waals surface area (Å²) in [6.07, 6.45) is 0.0912. The highest BCUT2D eigenvalue weighted by Gasteiger charge is 2.14. The molecular weight excluding hydrogens is 294 g/mol. The Balaban J connectivity index is 2.22. The van der Waals surface area contributed by atoms with Crippen molar-refractivity contribution in [2.24, 2.45) is 12.8 Å². The maximum atomic E-state index is 12.6. The number of rotatable bonds is 4.